The molecule has 3 unspecified atom stereocenters. The maximum atomic E-state index is 10.5. The summed E-state index contributed by atoms with van der Waals surface area (Å²) in [6.07, 6.45) is 7.50. The van der Waals surface area contributed by atoms with E-state index in [-0.39, 0.29) is 5.41 Å². The molecule has 0 aromatic carbocycles. The highest BCUT2D eigenvalue weighted by molar-refractivity contribution is 5.22. The average molecular weight is 191 g/mol. The lowest BCUT2D eigenvalue weighted by atomic mass is 9.56. The molecule has 14 heavy (non-hydrogen) atoms. The van der Waals surface area contributed by atoms with Crippen molar-refractivity contribution in [2.24, 2.45) is 17.3 Å². The molecule has 3 saturated carbocycles. The monoisotopic (exact) mass is 191 g/mol. The van der Waals surface area contributed by atoms with Gasteiger partial charge >= 0.3 is 0 Å². The Kier molecular flexibility index (Phi) is 1.57. The summed E-state index contributed by atoms with van der Waals surface area (Å²) in [5.74, 6) is 1.24. The summed E-state index contributed by atoms with van der Waals surface area (Å²) in [4.78, 5) is 0. The number of nitriles is 1. The smallest absolute Gasteiger partial charge is 0.0890 e. The standard InChI is InChI=1S/C12H17NO/c13-8-11(12(14)4-1-5-12)7-9-2-3-10(11)6-9/h9-10,14H,1-7H2. The van der Waals surface area contributed by atoms with E-state index >= 15 is 0 Å². The molecule has 0 aliphatic heterocycles. The Labute approximate surface area is 84.9 Å². The molecule has 0 radical (unpaired) electrons. The Morgan fingerprint density at radius 1 is 1.29 bits per heavy atom. The molecule has 2 bridgehead atoms. The molecule has 2 heteroatoms. The third-order valence-corrected chi connectivity index (χ3v) is 5.06. The molecule has 1 N–H and O–H groups in total. The molecule has 2 nitrogen and oxygen atoms in total. The summed E-state index contributed by atoms with van der Waals surface area (Å²) in [6.45, 7) is 0. The van der Waals surface area contributed by atoms with Crippen LogP contribution in [0.15, 0.2) is 0 Å². The van der Waals surface area contributed by atoms with Crippen molar-refractivity contribution in [2.45, 2.75) is 50.5 Å². The summed E-state index contributed by atoms with van der Waals surface area (Å²) < 4.78 is 0. The lowest BCUT2D eigenvalue weighted by molar-refractivity contribution is -0.135. The van der Waals surface area contributed by atoms with E-state index in [9.17, 15) is 10.4 Å². The summed E-state index contributed by atoms with van der Waals surface area (Å²) in [6, 6.07) is 2.50. The van der Waals surface area contributed by atoms with Crippen molar-refractivity contribution in [3.8, 4) is 6.07 Å². The third-order valence-electron chi connectivity index (χ3n) is 5.06. The van der Waals surface area contributed by atoms with Gasteiger partial charge in [0.15, 0.2) is 0 Å². The number of hydrogen-bond donors (Lipinski definition) is 1. The molecule has 0 heterocycles. The molecule has 0 spiro atoms. The third kappa shape index (κ3) is 0.803. The Morgan fingerprint density at radius 3 is 2.43 bits per heavy atom. The van der Waals surface area contributed by atoms with Gasteiger partial charge < -0.3 is 5.11 Å². The average Bonchev–Trinajstić information content (AvgIpc) is 2.73. The van der Waals surface area contributed by atoms with Gasteiger partial charge in [0.05, 0.1) is 17.1 Å². The summed E-state index contributed by atoms with van der Waals surface area (Å²) in [7, 11) is 0. The first kappa shape index (κ1) is 8.73. The van der Waals surface area contributed by atoms with E-state index in [0.717, 1.165) is 31.6 Å². The van der Waals surface area contributed by atoms with Crippen LogP contribution in [0.3, 0.4) is 0 Å². The van der Waals surface area contributed by atoms with Crippen molar-refractivity contribution in [2.75, 3.05) is 0 Å². The zero-order valence-corrected chi connectivity index (χ0v) is 8.50. The van der Waals surface area contributed by atoms with Crippen LogP contribution in [-0.2, 0) is 0 Å². The van der Waals surface area contributed by atoms with Crippen LogP contribution in [0.5, 0.6) is 0 Å². The van der Waals surface area contributed by atoms with Gasteiger partial charge in [-0.05, 0) is 50.4 Å². The molecule has 3 fully saturated rings. The molecular weight excluding hydrogens is 174 g/mol. The van der Waals surface area contributed by atoms with Crippen LogP contribution in [0.4, 0.5) is 0 Å². The Balaban J connectivity index is 1.96. The first-order chi connectivity index (χ1) is 6.70. The predicted molar refractivity (Wildman–Crippen MR) is 52.3 cm³/mol. The molecule has 76 valence electrons. The van der Waals surface area contributed by atoms with Crippen LogP contribution in [0.1, 0.15) is 44.9 Å². The van der Waals surface area contributed by atoms with Crippen molar-refractivity contribution in [1.29, 1.82) is 5.26 Å². The highest BCUT2D eigenvalue weighted by Crippen LogP contribution is 2.64. The van der Waals surface area contributed by atoms with Gasteiger partial charge in [-0.25, -0.2) is 0 Å². The fourth-order valence-electron chi connectivity index (χ4n) is 4.10. The number of aliphatic hydroxyl groups is 1. The zero-order chi connectivity index (χ0) is 9.81. The van der Waals surface area contributed by atoms with Gasteiger partial charge in [-0.3, -0.25) is 0 Å². The van der Waals surface area contributed by atoms with Crippen LogP contribution in [0.2, 0.25) is 0 Å². The van der Waals surface area contributed by atoms with Crippen LogP contribution >= 0.6 is 0 Å². The topological polar surface area (TPSA) is 44.0 Å². The highest BCUT2D eigenvalue weighted by atomic mass is 16.3. The van der Waals surface area contributed by atoms with E-state index in [0.29, 0.717) is 5.92 Å². The summed E-state index contributed by atoms with van der Waals surface area (Å²) in [5, 5.41) is 19.9. The van der Waals surface area contributed by atoms with Crippen molar-refractivity contribution < 1.29 is 5.11 Å². The highest BCUT2D eigenvalue weighted by Gasteiger charge is 2.63. The minimum Gasteiger partial charge on any atom is -0.388 e. The molecule has 3 aliphatic carbocycles. The van der Waals surface area contributed by atoms with Crippen LogP contribution in [0.25, 0.3) is 0 Å². The second kappa shape index (κ2) is 2.52. The summed E-state index contributed by atoms with van der Waals surface area (Å²) in [5.41, 5.74) is -0.963. The quantitative estimate of drug-likeness (QED) is 0.690. The first-order valence-electron chi connectivity index (χ1n) is 5.84. The van der Waals surface area contributed by atoms with E-state index in [4.69, 9.17) is 0 Å². The molecular formula is C12H17NO. The van der Waals surface area contributed by atoms with Crippen molar-refractivity contribution >= 4 is 0 Å². The van der Waals surface area contributed by atoms with Gasteiger partial charge in [-0.2, -0.15) is 5.26 Å². The summed E-state index contributed by atoms with van der Waals surface area (Å²) >= 11 is 0. The van der Waals surface area contributed by atoms with Crippen LogP contribution < -0.4 is 0 Å². The molecule has 3 atom stereocenters. The minimum atomic E-state index is -0.610. The number of rotatable bonds is 1. The molecule has 0 amide bonds. The molecule has 0 aromatic heterocycles. The van der Waals surface area contributed by atoms with Gasteiger partial charge in [0, 0.05) is 0 Å². The Hall–Kier alpha value is -0.550. The largest absolute Gasteiger partial charge is 0.388 e. The second-order valence-corrected chi connectivity index (χ2v) is 5.55. The van der Waals surface area contributed by atoms with Gasteiger partial charge in [0.25, 0.3) is 0 Å². The van der Waals surface area contributed by atoms with E-state index in [2.05, 4.69) is 6.07 Å². The first-order valence-corrected chi connectivity index (χ1v) is 5.84. The minimum absolute atomic E-state index is 0.353. The molecule has 3 aliphatic rings. The number of hydrogen-bond acceptors (Lipinski definition) is 2. The van der Waals surface area contributed by atoms with E-state index in [1.54, 1.807) is 0 Å². The van der Waals surface area contributed by atoms with E-state index in [1.165, 1.54) is 19.3 Å². The predicted octanol–water partition coefficient (Wildman–Crippen LogP) is 2.23. The molecule has 0 saturated heterocycles. The Morgan fingerprint density at radius 2 is 2.07 bits per heavy atom. The van der Waals surface area contributed by atoms with Gasteiger partial charge in [-0.1, -0.05) is 6.42 Å². The normalized spacial score (nSPS) is 48.6. The Bertz CT molecular complexity index is 302. The van der Waals surface area contributed by atoms with Crippen molar-refractivity contribution in [1.82, 2.24) is 0 Å². The number of nitrogens with zero attached hydrogens (tertiary/aromatic N) is 1. The van der Waals surface area contributed by atoms with Crippen molar-refractivity contribution in [3.05, 3.63) is 0 Å². The maximum Gasteiger partial charge on any atom is 0.0890 e. The zero-order valence-electron chi connectivity index (χ0n) is 8.50. The maximum absolute atomic E-state index is 10.5. The lowest BCUT2D eigenvalue weighted by Gasteiger charge is -2.50. The lowest BCUT2D eigenvalue weighted by Crippen LogP contribution is -2.55. The van der Waals surface area contributed by atoms with E-state index in [1.807, 2.05) is 0 Å². The van der Waals surface area contributed by atoms with Gasteiger partial charge in [0.1, 0.15) is 0 Å². The van der Waals surface area contributed by atoms with Crippen molar-refractivity contribution in [3.63, 3.8) is 0 Å². The van der Waals surface area contributed by atoms with Gasteiger partial charge in [0.2, 0.25) is 0 Å². The van der Waals surface area contributed by atoms with Crippen LogP contribution in [0, 0.1) is 28.6 Å². The van der Waals surface area contributed by atoms with Gasteiger partial charge in [-0.15, -0.1) is 0 Å². The fourth-order valence-corrected chi connectivity index (χ4v) is 4.10. The SMILES string of the molecule is N#CC1(C2(O)CCC2)CC2CCC1C2. The van der Waals surface area contributed by atoms with E-state index < -0.39 is 5.60 Å². The number of fused-ring (bicyclic) bond motifs is 2. The van der Waals surface area contributed by atoms with Crippen LogP contribution in [-0.4, -0.2) is 10.7 Å². The fraction of sp³-hybridized carbons (Fsp3) is 0.917. The molecule has 3 rings (SSSR count). The second-order valence-electron chi connectivity index (χ2n) is 5.55. The molecule has 0 aromatic rings.